The molecule has 0 saturated carbocycles. The van der Waals surface area contributed by atoms with E-state index < -0.39 is 40.0 Å². The number of sulfonamides is 1. The third-order valence-corrected chi connectivity index (χ3v) is 6.51. The summed E-state index contributed by atoms with van der Waals surface area (Å²) >= 11 is 5.61. The van der Waals surface area contributed by atoms with Crippen LogP contribution in [0.1, 0.15) is 5.56 Å². The third-order valence-electron chi connectivity index (χ3n) is 4.36. The maximum atomic E-state index is 13.1. The van der Waals surface area contributed by atoms with Gasteiger partial charge in [-0.3, -0.25) is 4.79 Å². The standard InChI is InChI=1S/C19H18ClF3N2O5S/c20-13-1-6-17(16(11-13)19(21,22)23)24-18(26)12-30-14-2-4-15(5-3-14)31(27,28)25-7-9-29-10-8-25/h1-6,11H,7-10,12H2,(H,24,26). The lowest BCUT2D eigenvalue weighted by molar-refractivity contribution is -0.137. The molecule has 1 aliphatic heterocycles. The number of morpholine rings is 1. The van der Waals surface area contributed by atoms with Gasteiger partial charge in [0.05, 0.1) is 29.4 Å². The molecule has 0 atom stereocenters. The maximum Gasteiger partial charge on any atom is 0.418 e. The first-order chi connectivity index (χ1) is 14.6. The average molecular weight is 479 g/mol. The van der Waals surface area contributed by atoms with E-state index in [1.54, 1.807) is 0 Å². The van der Waals surface area contributed by atoms with Gasteiger partial charge in [0.15, 0.2) is 6.61 Å². The molecule has 2 aromatic rings. The van der Waals surface area contributed by atoms with Gasteiger partial charge >= 0.3 is 6.18 Å². The lowest BCUT2D eigenvalue weighted by Crippen LogP contribution is -2.40. The van der Waals surface area contributed by atoms with Crippen molar-refractivity contribution in [1.29, 1.82) is 0 Å². The highest BCUT2D eigenvalue weighted by atomic mass is 35.5. The fourth-order valence-electron chi connectivity index (χ4n) is 2.84. The van der Waals surface area contributed by atoms with E-state index in [4.69, 9.17) is 21.1 Å². The minimum atomic E-state index is -4.70. The number of carbonyl (C=O) groups is 1. The van der Waals surface area contributed by atoms with E-state index in [-0.39, 0.29) is 28.8 Å². The van der Waals surface area contributed by atoms with Crippen LogP contribution in [0.2, 0.25) is 5.02 Å². The zero-order valence-electron chi connectivity index (χ0n) is 16.0. The Morgan fingerprint density at radius 1 is 1.13 bits per heavy atom. The van der Waals surface area contributed by atoms with Crippen molar-refractivity contribution in [1.82, 2.24) is 4.31 Å². The van der Waals surface area contributed by atoms with Gasteiger partial charge < -0.3 is 14.8 Å². The molecule has 12 heteroatoms. The number of rotatable bonds is 6. The first kappa shape index (κ1) is 23.3. The van der Waals surface area contributed by atoms with Crippen LogP contribution in [0.3, 0.4) is 0 Å². The summed E-state index contributed by atoms with van der Waals surface area (Å²) in [6.07, 6.45) is -4.70. The highest BCUT2D eigenvalue weighted by Crippen LogP contribution is 2.36. The van der Waals surface area contributed by atoms with Gasteiger partial charge in [-0.1, -0.05) is 11.6 Å². The number of nitrogens with zero attached hydrogens (tertiary/aromatic N) is 1. The van der Waals surface area contributed by atoms with E-state index in [9.17, 15) is 26.4 Å². The van der Waals surface area contributed by atoms with Crippen LogP contribution in [0.5, 0.6) is 5.75 Å². The number of amides is 1. The van der Waals surface area contributed by atoms with Crippen molar-refractivity contribution in [3.05, 3.63) is 53.1 Å². The highest BCUT2D eigenvalue weighted by molar-refractivity contribution is 7.89. The van der Waals surface area contributed by atoms with Crippen LogP contribution < -0.4 is 10.1 Å². The Hall–Kier alpha value is -2.34. The summed E-state index contributed by atoms with van der Waals surface area (Å²) in [5.41, 5.74) is -1.52. The van der Waals surface area contributed by atoms with E-state index in [0.29, 0.717) is 19.3 Å². The Balaban J connectivity index is 1.61. The molecule has 0 aromatic heterocycles. The summed E-state index contributed by atoms with van der Waals surface area (Å²) < 4.78 is 76.1. The molecule has 2 aromatic carbocycles. The van der Waals surface area contributed by atoms with Crippen LogP contribution in [-0.2, 0) is 25.7 Å². The highest BCUT2D eigenvalue weighted by Gasteiger charge is 2.34. The zero-order valence-corrected chi connectivity index (χ0v) is 17.6. The Kier molecular flexibility index (Phi) is 7.10. The lowest BCUT2D eigenvalue weighted by Gasteiger charge is -2.26. The topological polar surface area (TPSA) is 84.9 Å². The number of ether oxygens (including phenoxy) is 2. The molecule has 1 saturated heterocycles. The number of carbonyl (C=O) groups excluding carboxylic acids is 1. The third kappa shape index (κ3) is 5.88. The Morgan fingerprint density at radius 2 is 1.77 bits per heavy atom. The first-order valence-corrected chi connectivity index (χ1v) is 10.9. The molecule has 1 aliphatic rings. The van der Waals surface area contributed by atoms with Gasteiger partial charge in [-0.05, 0) is 42.5 Å². The molecular weight excluding hydrogens is 461 g/mol. The molecule has 0 radical (unpaired) electrons. The molecule has 168 valence electrons. The van der Waals surface area contributed by atoms with Crippen LogP contribution in [0.4, 0.5) is 18.9 Å². The molecule has 1 heterocycles. The molecule has 0 bridgehead atoms. The summed E-state index contributed by atoms with van der Waals surface area (Å²) in [5, 5.41) is 2.02. The number of nitrogens with one attached hydrogen (secondary N) is 1. The maximum absolute atomic E-state index is 13.1. The van der Waals surface area contributed by atoms with Crippen LogP contribution in [0.15, 0.2) is 47.4 Å². The summed E-state index contributed by atoms with van der Waals surface area (Å²) in [6.45, 7) is 0.574. The van der Waals surface area contributed by atoms with Gasteiger partial charge in [-0.25, -0.2) is 8.42 Å². The van der Waals surface area contributed by atoms with E-state index in [1.165, 1.54) is 34.6 Å². The summed E-state index contributed by atoms with van der Waals surface area (Å²) in [7, 11) is -3.67. The number of anilines is 1. The SMILES string of the molecule is O=C(COc1ccc(S(=O)(=O)N2CCOCC2)cc1)Nc1ccc(Cl)cc1C(F)(F)F. The fourth-order valence-corrected chi connectivity index (χ4v) is 4.42. The van der Waals surface area contributed by atoms with E-state index in [0.717, 1.165) is 6.07 Å². The molecule has 3 rings (SSSR count). The monoisotopic (exact) mass is 478 g/mol. The molecule has 0 unspecified atom stereocenters. The smallest absolute Gasteiger partial charge is 0.418 e. The lowest BCUT2D eigenvalue weighted by atomic mass is 10.1. The Morgan fingerprint density at radius 3 is 2.39 bits per heavy atom. The number of halogens is 4. The second-order valence-electron chi connectivity index (χ2n) is 6.51. The van der Waals surface area contributed by atoms with Crippen LogP contribution in [0, 0.1) is 0 Å². The van der Waals surface area contributed by atoms with Gasteiger partial charge in [0.25, 0.3) is 5.91 Å². The first-order valence-electron chi connectivity index (χ1n) is 9.05. The normalized spacial score (nSPS) is 15.5. The Labute approximate surface area is 181 Å². The van der Waals surface area contributed by atoms with Gasteiger partial charge in [-0.2, -0.15) is 17.5 Å². The summed E-state index contributed by atoms with van der Waals surface area (Å²) in [6, 6.07) is 8.38. The van der Waals surface area contributed by atoms with Gasteiger partial charge in [0, 0.05) is 18.1 Å². The molecular formula is C19H18ClF3N2O5S. The van der Waals surface area contributed by atoms with E-state index in [2.05, 4.69) is 5.32 Å². The predicted octanol–water partition coefficient (Wildman–Crippen LogP) is 3.40. The molecule has 0 spiro atoms. The van der Waals surface area contributed by atoms with E-state index in [1.807, 2.05) is 0 Å². The second kappa shape index (κ2) is 9.43. The van der Waals surface area contributed by atoms with E-state index >= 15 is 0 Å². The number of alkyl halides is 3. The average Bonchev–Trinajstić information content (AvgIpc) is 2.74. The Bertz CT molecular complexity index is 1040. The number of benzene rings is 2. The number of hydrogen-bond donors (Lipinski definition) is 1. The van der Waals surface area contributed by atoms with Crippen LogP contribution in [0.25, 0.3) is 0 Å². The van der Waals surface area contributed by atoms with Crippen molar-refractivity contribution < 1.29 is 35.9 Å². The predicted molar refractivity (Wildman–Crippen MR) is 107 cm³/mol. The number of hydrogen-bond acceptors (Lipinski definition) is 5. The molecule has 1 N–H and O–H groups in total. The van der Waals surface area contributed by atoms with Gasteiger partial charge in [0.2, 0.25) is 10.0 Å². The quantitative estimate of drug-likeness (QED) is 0.688. The minimum absolute atomic E-state index is 0.0576. The molecule has 7 nitrogen and oxygen atoms in total. The molecule has 1 amide bonds. The van der Waals surface area contributed by atoms with Crippen molar-refractivity contribution in [3.63, 3.8) is 0 Å². The van der Waals surface area contributed by atoms with Crippen molar-refractivity contribution in [2.24, 2.45) is 0 Å². The van der Waals surface area contributed by atoms with Crippen molar-refractivity contribution in [2.75, 3.05) is 38.2 Å². The fraction of sp³-hybridized carbons (Fsp3) is 0.316. The summed E-state index contributed by atoms with van der Waals surface area (Å²) in [5.74, 6) is -0.638. The second-order valence-corrected chi connectivity index (χ2v) is 8.89. The molecule has 31 heavy (non-hydrogen) atoms. The summed E-state index contributed by atoms with van der Waals surface area (Å²) in [4.78, 5) is 12.1. The molecule has 0 aliphatic carbocycles. The van der Waals surface area contributed by atoms with Crippen molar-refractivity contribution >= 4 is 33.2 Å². The van der Waals surface area contributed by atoms with Crippen LogP contribution >= 0.6 is 11.6 Å². The van der Waals surface area contributed by atoms with Crippen molar-refractivity contribution in [2.45, 2.75) is 11.1 Å². The zero-order chi connectivity index (χ0) is 22.6. The molecule has 1 fully saturated rings. The van der Waals surface area contributed by atoms with Gasteiger partial charge in [0.1, 0.15) is 5.75 Å². The van der Waals surface area contributed by atoms with Crippen LogP contribution in [-0.4, -0.2) is 51.5 Å². The minimum Gasteiger partial charge on any atom is -0.484 e. The van der Waals surface area contributed by atoms with Crippen molar-refractivity contribution in [3.8, 4) is 5.75 Å². The van der Waals surface area contributed by atoms with Gasteiger partial charge in [-0.15, -0.1) is 0 Å². The largest absolute Gasteiger partial charge is 0.484 e.